The zero-order chi connectivity index (χ0) is 17.9. The predicted octanol–water partition coefficient (Wildman–Crippen LogP) is 1.95. The number of fused-ring (bicyclic) bond motifs is 1. The van der Waals surface area contributed by atoms with Gasteiger partial charge in [0.25, 0.3) is 0 Å². The van der Waals surface area contributed by atoms with Gasteiger partial charge in [0.1, 0.15) is 17.5 Å². The average Bonchev–Trinajstić information content (AvgIpc) is 2.85. The number of rotatable bonds is 4. The molecule has 0 saturated heterocycles. The summed E-state index contributed by atoms with van der Waals surface area (Å²) in [6, 6.07) is 5.76. The number of amides is 1. The zero-order valence-corrected chi connectivity index (χ0v) is 13.6. The standard InChI is InChI=1S/C16H18N4O4/c1-16(2,3)24-15(23)20-12(14(21)22)7-13-18-10-5-4-9(8-17)6-11(10)19-13/h4-6,12H,7H2,1-3H3,(H,18,19)(H,20,23)(H,21,22). The number of hydrogen-bond donors (Lipinski definition) is 3. The highest BCUT2D eigenvalue weighted by molar-refractivity contribution is 5.81. The molecule has 1 atom stereocenters. The lowest BCUT2D eigenvalue weighted by atomic mass is 10.2. The first-order chi connectivity index (χ1) is 11.2. The van der Waals surface area contributed by atoms with Crippen LogP contribution < -0.4 is 5.32 Å². The molecule has 1 unspecified atom stereocenters. The van der Waals surface area contributed by atoms with Crippen molar-refractivity contribution in [1.29, 1.82) is 5.26 Å². The average molecular weight is 330 g/mol. The number of alkyl carbamates (subject to hydrolysis) is 1. The third-order valence-electron chi connectivity index (χ3n) is 3.05. The van der Waals surface area contributed by atoms with E-state index >= 15 is 0 Å². The number of nitrogens with zero attached hydrogens (tertiary/aromatic N) is 2. The molecule has 1 heterocycles. The Labute approximate surface area is 138 Å². The summed E-state index contributed by atoms with van der Waals surface area (Å²) < 4.78 is 5.07. The Morgan fingerprint density at radius 2 is 2.17 bits per heavy atom. The predicted molar refractivity (Wildman–Crippen MR) is 85.3 cm³/mol. The maximum atomic E-state index is 11.8. The van der Waals surface area contributed by atoms with E-state index < -0.39 is 23.7 Å². The number of benzene rings is 1. The van der Waals surface area contributed by atoms with Crippen molar-refractivity contribution < 1.29 is 19.4 Å². The van der Waals surface area contributed by atoms with Gasteiger partial charge in [-0.05, 0) is 39.0 Å². The van der Waals surface area contributed by atoms with Gasteiger partial charge in [-0.1, -0.05) is 0 Å². The van der Waals surface area contributed by atoms with E-state index in [2.05, 4.69) is 15.3 Å². The van der Waals surface area contributed by atoms with E-state index in [1.165, 1.54) is 0 Å². The Morgan fingerprint density at radius 1 is 1.46 bits per heavy atom. The molecular weight excluding hydrogens is 312 g/mol. The van der Waals surface area contributed by atoms with E-state index in [1.807, 2.05) is 6.07 Å². The normalized spacial score (nSPS) is 12.4. The Balaban J connectivity index is 2.14. The van der Waals surface area contributed by atoms with Crippen molar-refractivity contribution >= 4 is 23.1 Å². The molecule has 0 aliphatic carbocycles. The quantitative estimate of drug-likeness (QED) is 0.786. The van der Waals surface area contributed by atoms with Gasteiger partial charge in [0.05, 0.1) is 22.7 Å². The Hall–Kier alpha value is -3.08. The van der Waals surface area contributed by atoms with Crippen molar-refractivity contribution in [1.82, 2.24) is 15.3 Å². The summed E-state index contributed by atoms with van der Waals surface area (Å²) in [7, 11) is 0. The fourth-order valence-electron chi connectivity index (χ4n) is 2.07. The van der Waals surface area contributed by atoms with Crippen molar-refractivity contribution in [2.24, 2.45) is 0 Å². The molecule has 8 heteroatoms. The minimum absolute atomic E-state index is 0.0366. The molecule has 0 saturated carbocycles. The van der Waals surface area contributed by atoms with Crippen LogP contribution >= 0.6 is 0 Å². The second kappa shape index (κ2) is 6.58. The Morgan fingerprint density at radius 3 is 2.75 bits per heavy atom. The van der Waals surface area contributed by atoms with E-state index in [4.69, 9.17) is 10.00 Å². The zero-order valence-electron chi connectivity index (χ0n) is 13.6. The number of ether oxygens (including phenoxy) is 1. The van der Waals surface area contributed by atoms with Crippen molar-refractivity contribution in [3.63, 3.8) is 0 Å². The van der Waals surface area contributed by atoms with Gasteiger partial charge in [-0.3, -0.25) is 0 Å². The van der Waals surface area contributed by atoms with Crippen LogP contribution in [0.15, 0.2) is 18.2 Å². The van der Waals surface area contributed by atoms with Gasteiger partial charge < -0.3 is 20.1 Å². The molecule has 1 amide bonds. The number of carbonyl (C=O) groups excluding carboxylic acids is 1. The topological polar surface area (TPSA) is 128 Å². The minimum atomic E-state index is -1.20. The lowest BCUT2D eigenvalue weighted by molar-refractivity contribution is -0.139. The largest absolute Gasteiger partial charge is 0.480 e. The van der Waals surface area contributed by atoms with Crippen LogP contribution in [0, 0.1) is 11.3 Å². The number of carboxylic acid groups (broad SMARTS) is 1. The maximum Gasteiger partial charge on any atom is 0.408 e. The molecule has 2 aromatic rings. The molecule has 126 valence electrons. The lowest BCUT2D eigenvalue weighted by Crippen LogP contribution is -2.44. The van der Waals surface area contributed by atoms with Gasteiger partial charge in [0.15, 0.2) is 0 Å². The van der Waals surface area contributed by atoms with Gasteiger partial charge in [0, 0.05) is 6.42 Å². The van der Waals surface area contributed by atoms with Crippen LogP contribution in [0.3, 0.4) is 0 Å². The van der Waals surface area contributed by atoms with Gasteiger partial charge in [0.2, 0.25) is 0 Å². The van der Waals surface area contributed by atoms with Crippen LogP contribution in [0.4, 0.5) is 4.79 Å². The summed E-state index contributed by atoms with van der Waals surface area (Å²) in [6.45, 7) is 5.07. The van der Waals surface area contributed by atoms with E-state index in [9.17, 15) is 14.7 Å². The fraction of sp³-hybridized carbons (Fsp3) is 0.375. The fourth-order valence-corrected chi connectivity index (χ4v) is 2.07. The van der Waals surface area contributed by atoms with E-state index in [1.54, 1.807) is 39.0 Å². The van der Waals surface area contributed by atoms with Gasteiger partial charge in [-0.15, -0.1) is 0 Å². The van der Waals surface area contributed by atoms with Crippen LogP contribution in [0.1, 0.15) is 32.2 Å². The molecule has 1 aromatic carbocycles. The molecule has 0 bridgehead atoms. The van der Waals surface area contributed by atoms with Crippen LogP contribution in [-0.2, 0) is 16.0 Å². The highest BCUT2D eigenvalue weighted by Crippen LogP contribution is 2.14. The molecular formula is C16H18N4O4. The highest BCUT2D eigenvalue weighted by atomic mass is 16.6. The molecule has 1 aromatic heterocycles. The molecule has 0 radical (unpaired) electrons. The van der Waals surface area contributed by atoms with Crippen LogP contribution in [0.2, 0.25) is 0 Å². The number of aliphatic carboxylic acids is 1. The first-order valence-corrected chi connectivity index (χ1v) is 7.29. The number of H-pyrrole nitrogens is 1. The van der Waals surface area contributed by atoms with Crippen molar-refractivity contribution in [3.8, 4) is 6.07 Å². The number of imidazole rings is 1. The lowest BCUT2D eigenvalue weighted by Gasteiger charge is -2.21. The molecule has 3 N–H and O–H groups in total. The molecule has 24 heavy (non-hydrogen) atoms. The second-order valence-corrected chi connectivity index (χ2v) is 6.27. The van der Waals surface area contributed by atoms with Crippen LogP contribution in [-0.4, -0.2) is 38.8 Å². The SMILES string of the molecule is CC(C)(C)OC(=O)NC(Cc1nc2ccc(C#N)cc2[nH]1)C(=O)O. The van der Waals surface area contributed by atoms with Gasteiger partial charge in [-0.2, -0.15) is 5.26 Å². The molecule has 0 spiro atoms. The van der Waals surface area contributed by atoms with Crippen molar-refractivity contribution in [2.75, 3.05) is 0 Å². The molecule has 0 aliphatic heterocycles. The first-order valence-electron chi connectivity index (χ1n) is 7.29. The number of aromatic amines is 1. The monoisotopic (exact) mass is 330 g/mol. The Bertz CT molecular complexity index is 814. The molecule has 0 aliphatic rings. The number of nitriles is 1. The molecule has 2 rings (SSSR count). The highest BCUT2D eigenvalue weighted by Gasteiger charge is 2.25. The third-order valence-corrected chi connectivity index (χ3v) is 3.05. The number of aromatic nitrogens is 2. The Kier molecular flexibility index (Phi) is 4.74. The van der Waals surface area contributed by atoms with Gasteiger partial charge >= 0.3 is 12.1 Å². The third kappa shape index (κ3) is 4.46. The van der Waals surface area contributed by atoms with Gasteiger partial charge in [-0.25, -0.2) is 14.6 Å². The summed E-state index contributed by atoms with van der Waals surface area (Å²) >= 11 is 0. The van der Waals surface area contributed by atoms with E-state index in [-0.39, 0.29) is 6.42 Å². The van der Waals surface area contributed by atoms with Crippen molar-refractivity contribution in [2.45, 2.75) is 38.8 Å². The second-order valence-electron chi connectivity index (χ2n) is 6.27. The summed E-state index contributed by atoms with van der Waals surface area (Å²) in [5.41, 5.74) is 0.996. The summed E-state index contributed by atoms with van der Waals surface area (Å²) in [5, 5.41) is 20.5. The first kappa shape index (κ1) is 17.3. The van der Waals surface area contributed by atoms with Crippen LogP contribution in [0.25, 0.3) is 11.0 Å². The summed E-state index contributed by atoms with van der Waals surface area (Å²) in [4.78, 5) is 30.4. The maximum absolute atomic E-state index is 11.8. The number of nitrogens with one attached hydrogen (secondary N) is 2. The van der Waals surface area contributed by atoms with E-state index in [0.29, 0.717) is 22.4 Å². The van der Waals surface area contributed by atoms with Crippen LogP contribution in [0.5, 0.6) is 0 Å². The summed E-state index contributed by atoms with van der Waals surface area (Å²) in [6.07, 6.45) is -0.844. The molecule has 0 fully saturated rings. The number of carboxylic acids is 1. The minimum Gasteiger partial charge on any atom is -0.480 e. The smallest absolute Gasteiger partial charge is 0.408 e. The van der Waals surface area contributed by atoms with Crippen molar-refractivity contribution in [3.05, 3.63) is 29.6 Å². The van der Waals surface area contributed by atoms with E-state index in [0.717, 1.165) is 0 Å². The summed E-state index contributed by atoms with van der Waals surface area (Å²) in [5.74, 6) is -0.803. The number of carbonyl (C=O) groups is 2. The molecule has 8 nitrogen and oxygen atoms in total. The number of hydrogen-bond acceptors (Lipinski definition) is 5.